The van der Waals surface area contributed by atoms with E-state index in [1.165, 1.54) is 11.1 Å². The molecule has 0 aliphatic carbocycles. The molecule has 0 aliphatic heterocycles. The van der Waals surface area contributed by atoms with E-state index in [1.807, 2.05) is 30.3 Å². The zero-order chi connectivity index (χ0) is 13.8. The average Bonchev–Trinajstić information content (AvgIpc) is 2.89. The van der Waals surface area contributed by atoms with Gasteiger partial charge in [0.15, 0.2) is 0 Å². The number of benzene rings is 2. The lowest BCUT2D eigenvalue weighted by atomic mass is 10.2. The SMILES string of the molecule is Clc1cccc2ccn(CCCNc3ccccc3)c12. The molecule has 0 aliphatic rings. The Labute approximate surface area is 124 Å². The maximum atomic E-state index is 6.28. The van der Waals surface area contributed by atoms with Crippen LogP contribution < -0.4 is 5.32 Å². The largest absolute Gasteiger partial charge is 0.385 e. The van der Waals surface area contributed by atoms with Crippen LogP contribution in [0.1, 0.15) is 6.42 Å². The summed E-state index contributed by atoms with van der Waals surface area (Å²) in [5.41, 5.74) is 2.30. The van der Waals surface area contributed by atoms with Crippen LogP contribution in [0.5, 0.6) is 0 Å². The molecule has 1 heterocycles. The summed E-state index contributed by atoms with van der Waals surface area (Å²) in [6.07, 6.45) is 3.17. The average molecular weight is 285 g/mol. The topological polar surface area (TPSA) is 17.0 Å². The summed E-state index contributed by atoms with van der Waals surface area (Å²) in [6.45, 7) is 1.92. The van der Waals surface area contributed by atoms with Gasteiger partial charge in [0.05, 0.1) is 10.5 Å². The van der Waals surface area contributed by atoms with Crippen molar-refractivity contribution in [2.75, 3.05) is 11.9 Å². The molecule has 0 spiro atoms. The van der Waals surface area contributed by atoms with E-state index in [1.54, 1.807) is 0 Å². The number of hydrogen-bond donors (Lipinski definition) is 1. The van der Waals surface area contributed by atoms with E-state index in [0.717, 1.165) is 30.0 Å². The van der Waals surface area contributed by atoms with E-state index < -0.39 is 0 Å². The third-order valence-corrected chi connectivity index (χ3v) is 3.72. The molecule has 102 valence electrons. The number of para-hydroxylation sites is 2. The van der Waals surface area contributed by atoms with Crippen LogP contribution in [-0.2, 0) is 6.54 Å². The zero-order valence-corrected chi connectivity index (χ0v) is 12.0. The number of rotatable bonds is 5. The second kappa shape index (κ2) is 6.02. The van der Waals surface area contributed by atoms with Gasteiger partial charge in [0.2, 0.25) is 0 Å². The molecule has 0 saturated heterocycles. The normalized spacial score (nSPS) is 10.8. The number of hydrogen-bond acceptors (Lipinski definition) is 1. The molecule has 0 amide bonds. The quantitative estimate of drug-likeness (QED) is 0.666. The number of halogens is 1. The van der Waals surface area contributed by atoms with E-state index in [4.69, 9.17) is 11.6 Å². The maximum absolute atomic E-state index is 6.28. The molecule has 0 fully saturated rings. The van der Waals surface area contributed by atoms with Gasteiger partial charge >= 0.3 is 0 Å². The second-order valence-corrected chi connectivity index (χ2v) is 5.24. The fourth-order valence-electron chi connectivity index (χ4n) is 2.44. The smallest absolute Gasteiger partial charge is 0.0669 e. The van der Waals surface area contributed by atoms with E-state index in [2.05, 4.69) is 40.3 Å². The molecule has 20 heavy (non-hydrogen) atoms. The number of aromatic nitrogens is 1. The van der Waals surface area contributed by atoms with E-state index >= 15 is 0 Å². The Kier molecular flexibility index (Phi) is 3.93. The summed E-state index contributed by atoms with van der Waals surface area (Å²) in [5.74, 6) is 0. The molecule has 0 unspecified atom stereocenters. The van der Waals surface area contributed by atoms with Crippen molar-refractivity contribution >= 4 is 28.2 Å². The standard InChI is InChI=1S/C17H17ClN2/c18-16-9-4-6-14-10-13-20(17(14)16)12-5-11-19-15-7-2-1-3-8-15/h1-4,6-10,13,19H,5,11-12H2. The van der Waals surface area contributed by atoms with Crippen molar-refractivity contribution < 1.29 is 0 Å². The van der Waals surface area contributed by atoms with Crippen LogP contribution in [-0.4, -0.2) is 11.1 Å². The number of nitrogens with one attached hydrogen (secondary N) is 1. The lowest BCUT2D eigenvalue weighted by Crippen LogP contribution is -2.06. The Bertz CT molecular complexity index is 689. The Morgan fingerprint density at radius 3 is 2.65 bits per heavy atom. The third kappa shape index (κ3) is 2.81. The van der Waals surface area contributed by atoms with Gasteiger partial charge in [0, 0.05) is 30.4 Å². The molecule has 0 radical (unpaired) electrons. The van der Waals surface area contributed by atoms with E-state index in [-0.39, 0.29) is 0 Å². The fourth-order valence-corrected chi connectivity index (χ4v) is 2.73. The Hall–Kier alpha value is -1.93. The van der Waals surface area contributed by atoms with Crippen LogP contribution in [0, 0.1) is 0 Å². The number of fused-ring (bicyclic) bond motifs is 1. The number of aryl methyl sites for hydroxylation is 1. The highest BCUT2D eigenvalue weighted by molar-refractivity contribution is 6.35. The Morgan fingerprint density at radius 1 is 0.950 bits per heavy atom. The first-order valence-corrected chi connectivity index (χ1v) is 7.25. The summed E-state index contributed by atoms with van der Waals surface area (Å²) >= 11 is 6.28. The first-order chi connectivity index (χ1) is 9.84. The lowest BCUT2D eigenvalue weighted by Gasteiger charge is -2.08. The van der Waals surface area contributed by atoms with Gasteiger partial charge in [-0.15, -0.1) is 0 Å². The van der Waals surface area contributed by atoms with Gasteiger partial charge in [-0.25, -0.2) is 0 Å². The fraction of sp³-hybridized carbons (Fsp3) is 0.176. The minimum atomic E-state index is 0.823. The van der Waals surface area contributed by atoms with Crippen LogP contribution >= 0.6 is 11.6 Å². The molecular weight excluding hydrogens is 268 g/mol. The van der Waals surface area contributed by atoms with Crippen molar-refractivity contribution in [3.63, 3.8) is 0 Å². The lowest BCUT2D eigenvalue weighted by molar-refractivity contribution is 0.683. The molecule has 3 rings (SSSR count). The van der Waals surface area contributed by atoms with Gasteiger partial charge < -0.3 is 9.88 Å². The van der Waals surface area contributed by atoms with Crippen molar-refractivity contribution in [1.29, 1.82) is 0 Å². The number of anilines is 1. The zero-order valence-electron chi connectivity index (χ0n) is 11.2. The van der Waals surface area contributed by atoms with Crippen LogP contribution in [0.4, 0.5) is 5.69 Å². The molecule has 3 aromatic rings. The molecule has 0 saturated carbocycles. The Morgan fingerprint density at radius 2 is 1.80 bits per heavy atom. The summed E-state index contributed by atoms with van der Waals surface area (Å²) in [4.78, 5) is 0. The minimum Gasteiger partial charge on any atom is -0.385 e. The van der Waals surface area contributed by atoms with E-state index in [0.29, 0.717) is 0 Å². The van der Waals surface area contributed by atoms with Gasteiger partial charge in [-0.3, -0.25) is 0 Å². The molecule has 2 nitrogen and oxygen atoms in total. The van der Waals surface area contributed by atoms with Gasteiger partial charge in [-0.2, -0.15) is 0 Å². The summed E-state index contributed by atoms with van der Waals surface area (Å²) in [7, 11) is 0. The van der Waals surface area contributed by atoms with Crippen LogP contribution in [0.3, 0.4) is 0 Å². The molecule has 0 bridgehead atoms. The molecule has 1 N–H and O–H groups in total. The van der Waals surface area contributed by atoms with Crippen molar-refractivity contribution in [3.8, 4) is 0 Å². The first-order valence-electron chi connectivity index (χ1n) is 6.87. The van der Waals surface area contributed by atoms with Crippen molar-refractivity contribution in [1.82, 2.24) is 4.57 Å². The van der Waals surface area contributed by atoms with E-state index in [9.17, 15) is 0 Å². The molecule has 0 atom stereocenters. The summed E-state index contributed by atoms with van der Waals surface area (Å²) in [5, 5.41) is 5.45. The number of nitrogens with zero attached hydrogens (tertiary/aromatic N) is 1. The highest BCUT2D eigenvalue weighted by atomic mass is 35.5. The maximum Gasteiger partial charge on any atom is 0.0669 e. The molecule has 1 aromatic heterocycles. The van der Waals surface area contributed by atoms with Crippen molar-refractivity contribution in [3.05, 3.63) is 65.8 Å². The van der Waals surface area contributed by atoms with Gasteiger partial charge in [0.25, 0.3) is 0 Å². The summed E-state index contributed by atoms with van der Waals surface area (Å²) < 4.78 is 2.23. The predicted octanol–water partition coefficient (Wildman–Crippen LogP) is 4.80. The second-order valence-electron chi connectivity index (χ2n) is 4.83. The molecule has 2 aromatic carbocycles. The van der Waals surface area contributed by atoms with Crippen molar-refractivity contribution in [2.24, 2.45) is 0 Å². The predicted molar refractivity (Wildman–Crippen MR) is 86.5 cm³/mol. The summed E-state index contributed by atoms with van der Waals surface area (Å²) in [6, 6.07) is 18.4. The highest BCUT2D eigenvalue weighted by Crippen LogP contribution is 2.24. The molecular formula is C17H17ClN2. The van der Waals surface area contributed by atoms with Gasteiger partial charge in [-0.1, -0.05) is 41.9 Å². The molecule has 3 heteroatoms. The Balaban J connectivity index is 1.60. The minimum absolute atomic E-state index is 0.823. The highest BCUT2D eigenvalue weighted by Gasteiger charge is 2.04. The van der Waals surface area contributed by atoms with Gasteiger partial charge in [0.1, 0.15) is 0 Å². The van der Waals surface area contributed by atoms with Crippen LogP contribution in [0.15, 0.2) is 60.8 Å². The first kappa shape index (κ1) is 13.1. The van der Waals surface area contributed by atoms with Crippen molar-refractivity contribution in [2.45, 2.75) is 13.0 Å². The van der Waals surface area contributed by atoms with Crippen LogP contribution in [0.25, 0.3) is 10.9 Å². The van der Waals surface area contributed by atoms with Crippen LogP contribution in [0.2, 0.25) is 5.02 Å². The monoisotopic (exact) mass is 284 g/mol. The third-order valence-electron chi connectivity index (χ3n) is 3.42. The van der Waals surface area contributed by atoms with Gasteiger partial charge in [-0.05, 0) is 30.7 Å².